The van der Waals surface area contributed by atoms with Gasteiger partial charge < -0.3 is 29.7 Å². The third kappa shape index (κ3) is 5.17. The first-order valence-electron chi connectivity index (χ1n) is 16.1. The lowest BCUT2D eigenvalue weighted by atomic mass is 10.0. The summed E-state index contributed by atoms with van der Waals surface area (Å²) in [5.74, 6) is 1.86. The van der Waals surface area contributed by atoms with Crippen LogP contribution < -0.4 is 20.3 Å². The molecule has 2 fully saturated rings. The van der Waals surface area contributed by atoms with Crippen LogP contribution in [-0.2, 0) is 13.0 Å². The monoisotopic (exact) mass is 590 g/mol. The van der Waals surface area contributed by atoms with Crippen LogP contribution in [0.3, 0.4) is 0 Å². The van der Waals surface area contributed by atoms with E-state index in [-0.39, 0.29) is 12.2 Å². The first-order chi connectivity index (χ1) is 21.1. The molecule has 0 radical (unpaired) electrons. The van der Waals surface area contributed by atoms with Crippen molar-refractivity contribution in [2.45, 2.75) is 50.9 Å². The van der Waals surface area contributed by atoms with E-state index in [1.165, 1.54) is 57.6 Å². The Morgan fingerprint density at radius 2 is 1.79 bits per heavy atom. The lowest BCUT2D eigenvalue weighted by Gasteiger charge is -2.38. The number of anilines is 3. The number of piperidine rings is 1. The van der Waals surface area contributed by atoms with E-state index >= 15 is 0 Å². The molecule has 3 aromatic carbocycles. The summed E-state index contributed by atoms with van der Waals surface area (Å²) in [7, 11) is 0. The van der Waals surface area contributed by atoms with E-state index in [4.69, 9.17) is 5.73 Å². The van der Waals surface area contributed by atoms with Crippen LogP contribution in [-0.4, -0.2) is 47.4 Å². The average Bonchev–Trinajstić information content (AvgIpc) is 3.68. The summed E-state index contributed by atoms with van der Waals surface area (Å²) < 4.78 is 5.15. The molecule has 7 heteroatoms. The van der Waals surface area contributed by atoms with Gasteiger partial charge in [0.05, 0.1) is 22.8 Å². The second-order valence-electron chi connectivity index (χ2n) is 12.8. The zero-order chi connectivity index (χ0) is 28.9. The van der Waals surface area contributed by atoms with Crippen molar-refractivity contribution in [3.8, 4) is 0 Å². The number of nitrogens with one attached hydrogen (secondary N) is 1. The molecule has 4 aromatic rings. The Kier molecular flexibility index (Phi) is 7.03. The maximum absolute atomic E-state index is 6.39. The summed E-state index contributed by atoms with van der Waals surface area (Å²) in [5.41, 5.74) is 16.7. The largest absolute Gasteiger partial charge is 0.370 e. The van der Waals surface area contributed by atoms with Crippen molar-refractivity contribution in [3.05, 3.63) is 96.2 Å². The third-order valence-corrected chi connectivity index (χ3v) is 10.8. The second kappa shape index (κ2) is 11.2. The van der Waals surface area contributed by atoms with Crippen molar-refractivity contribution >= 4 is 45.6 Å². The topological polar surface area (TPSA) is 52.7 Å². The summed E-state index contributed by atoms with van der Waals surface area (Å²) in [6, 6.07) is 27.1. The molecule has 3 aliphatic heterocycles. The molecule has 6 nitrogen and oxygen atoms in total. The number of likely N-dealkylation sites (tertiary alicyclic amines) is 1. The second-order valence-corrected chi connectivity index (χ2v) is 13.9. The maximum Gasteiger partial charge on any atom is 0.141 e. The van der Waals surface area contributed by atoms with E-state index in [9.17, 15) is 0 Å². The lowest BCUT2D eigenvalue weighted by Crippen LogP contribution is -2.41. The van der Waals surface area contributed by atoms with Gasteiger partial charge in [0.2, 0.25) is 0 Å². The fraction of sp³-hybridized carbons (Fsp3) is 0.389. The smallest absolute Gasteiger partial charge is 0.141 e. The highest BCUT2D eigenvalue weighted by atomic mass is 32.2. The van der Waals surface area contributed by atoms with Gasteiger partial charge in [-0.05, 0) is 79.8 Å². The zero-order valence-corrected chi connectivity index (χ0v) is 25.7. The Morgan fingerprint density at radius 3 is 2.63 bits per heavy atom. The molecular formula is C36H42N6S. The quantitative estimate of drug-likeness (QED) is 0.203. The number of hydrogen-bond acceptors (Lipinski definition) is 6. The van der Waals surface area contributed by atoms with E-state index in [1.54, 1.807) is 0 Å². The van der Waals surface area contributed by atoms with Crippen molar-refractivity contribution in [2.24, 2.45) is 11.7 Å². The van der Waals surface area contributed by atoms with Crippen LogP contribution in [0.2, 0.25) is 0 Å². The van der Waals surface area contributed by atoms with Gasteiger partial charge in [-0.2, -0.15) is 0 Å². The van der Waals surface area contributed by atoms with Crippen molar-refractivity contribution in [1.82, 2.24) is 9.47 Å². The number of para-hydroxylation sites is 1. The minimum absolute atomic E-state index is 0.114. The van der Waals surface area contributed by atoms with Crippen LogP contribution in [0.25, 0.3) is 16.6 Å². The minimum atomic E-state index is 0.114. The summed E-state index contributed by atoms with van der Waals surface area (Å²) >= 11 is 1.96. The average molecular weight is 591 g/mol. The number of nitrogens with two attached hydrogens (primary N) is 1. The van der Waals surface area contributed by atoms with Crippen LogP contribution >= 0.6 is 11.9 Å². The number of aryl methyl sites for hydroxylation is 1. The molecule has 1 aliphatic carbocycles. The predicted octanol–water partition coefficient (Wildman–Crippen LogP) is 7.09. The van der Waals surface area contributed by atoms with Gasteiger partial charge in [-0.3, -0.25) is 0 Å². The van der Waals surface area contributed by atoms with Crippen LogP contribution in [0, 0.1) is 5.92 Å². The number of rotatable bonds is 9. The zero-order valence-electron chi connectivity index (χ0n) is 24.9. The van der Waals surface area contributed by atoms with E-state index < -0.39 is 0 Å². The summed E-state index contributed by atoms with van der Waals surface area (Å²) in [4.78, 5) is 5.02. The molecule has 0 bridgehead atoms. The van der Waals surface area contributed by atoms with Crippen molar-refractivity contribution in [2.75, 3.05) is 46.5 Å². The van der Waals surface area contributed by atoms with Gasteiger partial charge in [-0.15, -0.1) is 0 Å². The fourth-order valence-corrected chi connectivity index (χ4v) is 8.28. The Hall–Kier alpha value is -3.55. The number of hydrogen-bond donors (Lipinski definition) is 2. The van der Waals surface area contributed by atoms with Crippen LogP contribution in [0.1, 0.15) is 48.7 Å². The highest BCUT2D eigenvalue weighted by molar-refractivity contribution is 8.00. The van der Waals surface area contributed by atoms with Gasteiger partial charge in [0.15, 0.2) is 0 Å². The molecule has 1 saturated carbocycles. The summed E-state index contributed by atoms with van der Waals surface area (Å²) in [6.45, 7) is 9.59. The molecule has 2 atom stereocenters. The molecule has 2 unspecified atom stereocenters. The SMILES string of the molecule is C=C(c1cc2c3c(c1)N(SCCc1ccccc1)CCN3C(c1cc3ccccc3n1CC1CC1)N2)N1CCCC(N)C1. The fourth-order valence-electron chi connectivity index (χ4n) is 7.25. The number of fused-ring (bicyclic) bond motifs is 1. The van der Waals surface area contributed by atoms with Gasteiger partial charge in [0.1, 0.15) is 6.17 Å². The Morgan fingerprint density at radius 1 is 0.953 bits per heavy atom. The standard InChI is InChI=1S/C36H42N6S/c1-25(39-16-7-11-30(37)24-39)29-20-31-35-33(22-29)42(43-19-15-26-8-3-2-4-9-26)18-17-40(35)36(38-31)34-21-28-10-5-6-12-32(28)41(34)23-27-13-14-27/h2-6,8-10,12,20-22,27,30,36,38H,1,7,11,13-19,23-24,37H2. The first kappa shape index (κ1) is 27.0. The first-order valence-corrected chi connectivity index (χ1v) is 17.0. The molecule has 1 saturated heterocycles. The molecule has 4 heterocycles. The number of nitrogens with zero attached hydrogens (tertiary/aromatic N) is 4. The molecule has 4 aliphatic rings. The highest BCUT2D eigenvalue weighted by Crippen LogP contribution is 2.52. The third-order valence-electron chi connectivity index (χ3n) is 9.71. The van der Waals surface area contributed by atoms with Gasteiger partial charge in [0, 0.05) is 66.7 Å². The molecule has 222 valence electrons. The van der Waals surface area contributed by atoms with Gasteiger partial charge in [-0.1, -0.05) is 55.1 Å². The summed E-state index contributed by atoms with van der Waals surface area (Å²) in [5, 5.41) is 5.36. The van der Waals surface area contributed by atoms with E-state index in [0.29, 0.717) is 0 Å². The molecule has 1 aromatic heterocycles. The molecule has 8 rings (SSSR count). The van der Waals surface area contributed by atoms with Gasteiger partial charge >= 0.3 is 0 Å². The van der Waals surface area contributed by atoms with Crippen molar-refractivity contribution in [1.29, 1.82) is 0 Å². The van der Waals surface area contributed by atoms with Crippen molar-refractivity contribution in [3.63, 3.8) is 0 Å². The molecule has 0 spiro atoms. The van der Waals surface area contributed by atoms with Crippen LogP contribution in [0.5, 0.6) is 0 Å². The van der Waals surface area contributed by atoms with Crippen LogP contribution in [0.15, 0.2) is 79.4 Å². The van der Waals surface area contributed by atoms with E-state index in [1.807, 2.05) is 11.9 Å². The Bertz CT molecular complexity index is 1640. The molecular weight excluding hydrogens is 549 g/mol. The number of aromatic nitrogens is 1. The highest BCUT2D eigenvalue weighted by Gasteiger charge is 2.39. The Balaban J connectivity index is 1.15. The van der Waals surface area contributed by atoms with Crippen LogP contribution in [0.4, 0.5) is 17.1 Å². The molecule has 3 N–H and O–H groups in total. The van der Waals surface area contributed by atoms with Gasteiger partial charge in [0.25, 0.3) is 0 Å². The van der Waals surface area contributed by atoms with E-state index in [0.717, 1.165) is 69.4 Å². The molecule has 43 heavy (non-hydrogen) atoms. The minimum Gasteiger partial charge on any atom is -0.370 e. The van der Waals surface area contributed by atoms with Gasteiger partial charge in [-0.25, -0.2) is 0 Å². The van der Waals surface area contributed by atoms with Crippen molar-refractivity contribution < 1.29 is 0 Å². The number of benzene rings is 3. The maximum atomic E-state index is 6.39. The normalized spacial score (nSPS) is 21.3. The molecule has 0 amide bonds. The predicted molar refractivity (Wildman–Crippen MR) is 183 cm³/mol. The Labute approximate surface area is 259 Å². The lowest BCUT2D eigenvalue weighted by molar-refractivity contribution is 0.296. The summed E-state index contributed by atoms with van der Waals surface area (Å²) in [6.07, 6.45) is 6.09. The van der Waals surface area contributed by atoms with E-state index in [2.05, 4.69) is 103 Å².